The van der Waals surface area contributed by atoms with Gasteiger partial charge in [-0.3, -0.25) is 0 Å². The van der Waals surface area contributed by atoms with E-state index in [1.807, 2.05) is 0 Å². The Morgan fingerprint density at radius 2 is 1.67 bits per heavy atom. The van der Waals surface area contributed by atoms with Crippen molar-refractivity contribution in [3.63, 3.8) is 0 Å². The summed E-state index contributed by atoms with van der Waals surface area (Å²) >= 11 is 0. The topological polar surface area (TPSA) is 15.3 Å². The van der Waals surface area contributed by atoms with Crippen LogP contribution in [0.3, 0.4) is 0 Å². The van der Waals surface area contributed by atoms with Crippen molar-refractivity contribution >= 4 is 0 Å². The number of piperidine rings is 1. The number of likely N-dealkylation sites (N-methyl/N-ethyl adjacent to an activating group) is 1. The van der Waals surface area contributed by atoms with Gasteiger partial charge in [0.05, 0.1) is 0 Å². The standard InChI is InChI=1S/C19H30N2/c1-4-14-5-7-15(8-6-14)11-19(20-2)16-12-17-9-10-18(13-16)21(17)3/h5-8,16-20H,4,9-13H2,1-3H3. The van der Waals surface area contributed by atoms with E-state index in [0.29, 0.717) is 6.04 Å². The monoisotopic (exact) mass is 286 g/mol. The van der Waals surface area contributed by atoms with E-state index < -0.39 is 0 Å². The molecule has 0 aromatic heterocycles. The fraction of sp³-hybridized carbons (Fsp3) is 0.684. The molecular weight excluding hydrogens is 256 g/mol. The molecule has 3 atom stereocenters. The number of nitrogens with one attached hydrogen (secondary N) is 1. The summed E-state index contributed by atoms with van der Waals surface area (Å²) in [6, 6.07) is 11.5. The smallest absolute Gasteiger partial charge is 0.0134 e. The predicted molar refractivity (Wildman–Crippen MR) is 89.7 cm³/mol. The first kappa shape index (κ1) is 15.1. The molecule has 2 aliphatic rings. The average Bonchev–Trinajstić information content (AvgIpc) is 2.75. The van der Waals surface area contributed by atoms with E-state index in [-0.39, 0.29) is 0 Å². The van der Waals surface area contributed by atoms with Gasteiger partial charge < -0.3 is 10.2 Å². The van der Waals surface area contributed by atoms with Crippen LogP contribution in [0.5, 0.6) is 0 Å². The first-order valence-electron chi connectivity index (χ1n) is 8.68. The Hall–Kier alpha value is -0.860. The Morgan fingerprint density at radius 3 is 2.19 bits per heavy atom. The van der Waals surface area contributed by atoms with Crippen LogP contribution in [-0.2, 0) is 12.8 Å². The maximum absolute atomic E-state index is 3.61. The van der Waals surface area contributed by atoms with Crippen LogP contribution in [0.2, 0.25) is 0 Å². The number of benzene rings is 1. The second-order valence-corrected chi connectivity index (χ2v) is 7.05. The second-order valence-electron chi connectivity index (χ2n) is 7.05. The summed E-state index contributed by atoms with van der Waals surface area (Å²) < 4.78 is 0. The number of hydrogen-bond donors (Lipinski definition) is 1. The van der Waals surface area contributed by atoms with Crippen molar-refractivity contribution in [2.45, 2.75) is 63.6 Å². The van der Waals surface area contributed by atoms with Crippen LogP contribution in [-0.4, -0.2) is 37.1 Å². The van der Waals surface area contributed by atoms with Gasteiger partial charge in [0.15, 0.2) is 0 Å². The Labute approximate surface area is 129 Å². The maximum Gasteiger partial charge on any atom is 0.0134 e. The molecule has 2 heterocycles. The van der Waals surface area contributed by atoms with Crippen LogP contribution in [0.1, 0.15) is 43.7 Å². The van der Waals surface area contributed by atoms with Crippen molar-refractivity contribution < 1.29 is 0 Å². The first-order valence-corrected chi connectivity index (χ1v) is 8.68. The third-order valence-corrected chi connectivity index (χ3v) is 5.96. The van der Waals surface area contributed by atoms with Crippen LogP contribution >= 0.6 is 0 Å². The van der Waals surface area contributed by atoms with E-state index in [0.717, 1.165) is 24.4 Å². The molecule has 0 aliphatic carbocycles. The van der Waals surface area contributed by atoms with Crippen LogP contribution in [0.15, 0.2) is 24.3 Å². The molecule has 2 fully saturated rings. The molecule has 1 aromatic rings. The van der Waals surface area contributed by atoms with E-state index in [2.05, 4.69) is 55.5 Å². The molecule has 21 heavy (non-hydrogen) atoms. The highest BCUT2D eigenvalue weighted by atomic mass is 15.2. The van der Waals surface area contributed by atoms with Crippen LogP contribution in [0.4, 0.5) is 0 Å². The molecule has 1 aromatic carbocycles. The fourth-order valence-corrected chi connectivity index (χ4v) is 4.45. The predicted octanol–water partition coefficient (Wildman–Crippen LogP) is 3.25. The molecule has 1 N–H and O–H groups in total. The Kier molecular flexibility index (Phi) is 4.66. The van der Waals surface area contributed by atoms with Gasteiger partial charge in [-0.25, -0.2) is 0 Å². The minimum Gasteiger partial charge on any atom is -0.316 e. The molecule has 0 spiro atoms. The number of fused-ring (bicyclic) bond motifs is 2. The van der Waals surface area contributed by atoms with E-state index in [4.69, 9.17) is 0 Å². The Balaban J connectivity index is 1.65. The molecule has 0 radical (unpaired) electrons. The third-order valence-electron chi connectivity index (χ3n) is 5.96. The number of aryl methyl sites for hydroxylation is 1. The summed E-state index contributed by atoms with van der Waals surface area (Å²) in [7, 11) is 4.47. The van der Waals surface area contributed by atoms with Gasteiger partial charge >= 0.3 is 0 Å². The maximum atomic E-state index is 3.61. The molecule has 2 saturated heterocycles. The van der Waals surface area contributed by atoms with Crippen LogP contribution in [0.25, 0.3) is 0 Å². The number of hydrogen-bond acceptors (Lipinski definition) is 2. The van der Waals surface area contributed by atoms with Crippen molar-refractivity contribution in [1.82, 2.24) is 10.2 Å². The van der Waals surface area contributed by atoms with Crippen molar-refractivity contribution in [2.24, 2.45) is 5.92 Å². The highest BCUT2D eigenvalue weighted by Gasteiger charge is 2.40. The summed E-state index contributed by atoms with van der Waals surface area (Å²) in [5.74, 6) is 0.842. The van der Waals surface area contributed by atoms with E-state index in [1.165, 1.54) is 43.2 Å². The van der Waals surface area contributed by atoms with Gasteiger partial charge in [-0.15, -0.1) is 0 Å². The van der Waals surface area contributed by atoms with Crippen molar-refractivity contribution in [1.29, 1.82) is 0 Å². The van der Waals surface area contributed by atoms with Gasteiger partial charge in [0.2, 0.25) is 0 Å². The Bertz CT molecular complexity index is 439. The van der Waals surface area contributed by atoms with Gasteiger partial charge in [0.25, 0.3) is 0 Å². The number of rotatable bonds is 5. The van der Waals surface area contributed by atoms with E-state index in [1.54, 1.807) is 0 Å². The summed E-state index contributed by atoms with van der Waals surface area (Å²) in [6.45, 7) is 2.22. The van der Waals surface area contributed by atoms with E-state index >= 15 is 0 Å². The lowest BCUT2D eigenvalue weighted by molar-refractivity contribution is 0.114. The van der Waals surface area contributed by atoms with Crippen LogP contribution in [0, 0.1) is 5.92 Å². The Morgan fingerprint density at radius 1 is 1.10 bits per heavy atom. The van der Waals surface area contributed by atoms with Gasteiger partial charge in [0.1, 0.15) is 0 Å². The summed E-state index contributed by atoms with van der Waals surface area (Å²) in [5.41, 5.74) is 2.93. The quantitative estimate of drug-likeness (QED) is 0.894. The summed E-state index contributed by atoms with van der Waals surface area (Å²) in [5, 5.41) is 3.61. The lowest BCUT2D eigenvalue weighted by atomic mass is 9.82. The second kappa shape index (κ2) is 6.50. The van der Waals surface area contributed by atoms with Crippen LogP contribution < -0.4 is 5.32 Å². The van der Waals surface area contributed by atoms with Gasteiger partial charge in [-0.2, -0.15) is 0 Å². The molecule has 0 saturated carbocycles. The van der Waals surface area contributed by atoms with Crippen molar-refractivity contribution in [3.05, 3.63) is 35.4 Å². The molecule has 3 rings (SSSR count). The zero-order valence-corrected chi connectivity index (χ0v) is 13.8. The molecule has 0 amide bonds. The molecule has 2 aliphatic heterocycles. The van der Waals surface area contributed by atoms with Crippen molar-refractivity contribution in [2.75, 3.05) is 14.1 Å². The van der Waals surface area contributed by atoms with E-state index in [9.17, 15) is 0 Å². The SMILES string of the molecule is CCc1ccc(CC(NC)C2CC3CCC(C2)N3C)cc1. The first-order chi connectivity index (χ1) is 10.2. The normalized spacial score (nSPS) is 30.5. The summed E-state index contributed by atoms with van der Waals surface area (Å²) in [6.07, 6.45) is 7.90. The van der Waals surface area contributed by atoms with Gasteiger partial charge in [-0.05, 0) is 69.7 Å². The lowest BCUT2D eigenvalue weighted by Crippen LogP contribution is -2.47. The molecule has 2 bridgehead atoms. The highest BCUT2D eigenvalue weighted by molar-refractivity contribution is 5.23. The molecular formula is C19H30N2. The lowest BCUT2D eigenvalue weighted by Gasteiger charge is -2.40. The zero-order valence-electron chi connectivity index (χ0n) is 13.8. The summed E-state index contributed by atoms with van der Waals surface area (Å²) in [4.78, 5) is 2.64. The fourth-order valence-electron chi connectivity index (χ4n) is 4.45. The van der Waals surface area contributed by atoms with Crippen molar-refractivity contribution in [3.8, 4) is 0 Å². The largest absolute Gasteiger partial charge is 0.316 e. The number of nitrogens with zero attached hydrogens (tertiary/aromatic N) is 1. The molecule has 2 nitrogen and oxygen atoms in total. The molecule has 3 unspecified atom stereocenters. The third kappa shape index (κ3) is 3.17. The average molecular weight is 286 g/mol. The highest BCUT2D eigenvalue weighted by Crippen LogP contribution is 2.39. The molecule has 116 valence electrons. The van der Waals surface area contributed by atoms with Gasteiger partial charge in [0, 0.05) is 18.1 Å². The molecule has 2 heteroatoms. The zero-order chi connectivity index (χ0) is 14.8. The minimum absolute atomic E-state index is 0.634. The van der Waals surface area contributed by atoms with Gasteiger partial charge in [-0.1, -0.05) is 31.2 Å². The minimum atomic E-state index is 0.634.